The molecule has 3 heteroatoms. The highest BCUT2D eigenvalue weighted by Crippen LogP contribution is 2.34. The molecule has 19 heavy (non-hydrogen) atoms. The van der Waals surface area contributed by atoms with E-state index in [1.54, 1.807) is 18.2 Å². The van der Waals surface area contributed by atoms with E-state index in [0.29, 0.717) is 12.4 Å². The lowest BCUT2D eigenvalue weighted by Crippen LogP contribution is -2.00. The van der Waals surface area contributed by atoms with Crippen molar-refractivity contribution in [3.8, 4) is 5.75 Å². The van der Waals surface area contributed by atoms with Crippen LogP contribution in [0.5, 0.6) is 5.75 Å². The molecule has 0 heterocycles. The van der Waals surface area contributed by atoms with Crippen molar-refractivity contribution in [3.05, 3.63) is 78.1 Å². The first-order valence-corrected chi connectivity index (χ1v) is 6.38. The normalized spacial score (nSPS) is 11.9. The average Bonchev–Trinajstić information content (AvgIpc) is 2.45. The molecule has 0 radical (unpaired) electrons. The van der Waals surface area contributed by atoms with Gasteiger partial charge in [0.15, 0.2) is 0 Å². The van der Waals surface area contributed by atoms with Crippen molar-refractivity contribution in [2.24, 2.45) is 0 Å². The lowest BCUT2D eigenvalue weighted by atomic mass is 10.0. The lowest BCUT2D eigenvalue weighted by Gasteiger charge is -2.15. The summed E-state index contributed by atoms with van der Waals surface area (Å²) in [6.45, 7) is 4.04. The van der Waals surface area contributed by atoms with Crippen molar-refractivity contribution < 1.29 is 9.13 Å². The van der Waals surface area contributed by atoms with Gasteiger partial charge < -0.3 is 4.74 Å². The van der Waals surface area contributed by atoms with Crippen LogP contribution in [0.3, 0.4) is 0 Å². The molecular formula is C16H14ClFO. The third-order valence-electron chi connectivity index (χ3n) is 2.71. The van der Waals surface area contributed by atoms with Crippen LogP contribution in [-0.2, 0) is 0 Å². The van der Waals surface area contributed by atoms with Gasteiger partial charge >= 0.3 is 0 Å². The summed E-state index contributed by atoms with van der Waals surface area (Å²) in [6.07, 6.45) is 1.68. The highest BCUT2D eigenvalue weighted by molar-refractivity contribution is 6.22. The molecule has 0 aliphatic heterocycles. The van der Waals surface area contributed by atoms with E-state index < -0.39 is 0 Å². The summed E-state index contributed by atoms with van der Waals surface area (Å²) >= 11 is 6.44. The first kappa shape index (κ1) is 13.6. The summed E-state index contributed by atoms with van der Waals surface area (Å²) in [4.78, 5) is 0. The Labute approximate surface area is 117 Å². The Hall–Kier alpha value is -1.80. The molecule has 0 aliphatic carbocycles. The molecule has 1 nitrogen and oxygen atoms in total. The van der Waals surface area contributed by atoms with Crippen LogP contribution < -0.4 is 4.74 Å². The first-order valence-electron chi connectivity index (χ1n) is 5.94. The highest BCUT2D eigenvalue weighted by Gasteiger charge is 2.15. The number of para-hydroxylation sites is 1. The Morgan fingerprint density at radius 2 is 1.84 bits per heavy atom. The molecule has 0 saturated carbocycles. The number of hydrogen-bond acceptors (Lipinski definition) is 1. The Bertz CT molecular complexity index is 551. The maximum atomic E-state index is 12.9. The van der Waals surface area contributed by atoms with E-state index in [2.05, 4.69) is 6.58 Å². The molecule has 0 bridgehead atoms. The van der Waals surface area contributed by atoms with Crippen LogP contribution in [0.25, 0.3) is 0 Å². The number of ether oxygens (including phenoxy) is 1. The van der Waals surface area contributed by atoms with Crippen molar-refractivity contribution in [2.75, 3.05) is 6.61 Å². The Morgan fingerprint density at radius 1 is 1.16 bits per heavy atom. The van der Waals surface area contributed by atoms with Crippen molar-refractivity contribution in [1.82, 2.24) is 0 Å². The zero-order chi connectivity index (χ0) is 13.7. The van der Waals surface area contributed by atoms with E-state index in [1.807, 2.05) is 24.3 Å². The minimum atomic E-state index is -0.374. The van der Waals surface area contributed by atoms with Gasteiger partial charge in [-0.2, -0.15) is 0 Å². The SMILES string of the molecule is C=CCOc1ccccc1C(Cl)c1ccc(F)cc1. The molecular weight excluding hydrogens is 263 g/mol. The summed E-state index contributed by atoms with van der Waals surface area (Å²) in [5.74, 6) is 0.440. The summed E-state index contributed by atoms with van der Waals surface area (Å²) < 4.78 is 18.5. The molecule has 0 aliphatic rings. The van der Waals surface area contributed by atoms with Crippen molar-refractivity contribution in [2.45, 2.75) is 5.38 Å². The van der Waals surface area contributed by atoms with Crippen LogP contribution in [-0.4, -0.2) is 6.61 Å². The standard InChI is InChI=1S/C16H14ClFO/c1-2-11-19-15-6-4-3-5-14(15)16(17)12-7-9-13(18)10-8-12/h2-10,16H,1,11H2. The van der Waals surface area contributed by atoms with Crippen LogP contribution in [0, 0.1) is 5.82 Å². The molecule has 98 valence electrons. The van der Waals surface area contributed by atoms with Crippen LogP contribution in [0.2, 0.25) is 0 Å². The Morgan fingerprint density at radius 3 is 2.53 bits per heavy atom. The van der Waals surface area contributed by atoms with E-state index in [0.717, 1.165) is 11.1 Å². The predicted octanol–water partition coefficient (Wildman–Crippen LogP) is 4.72. The smallest absolute Gasteiger partial charge is 0.124 e. The average molecular weight is 277 g/mol. The number of rotatable bonds is 5. The second kappa shape index (κ2) is 6.39. The maximum absolute atomic E-state index is 12.9. The molecule has 1 atom stereocenters. The fourth-order valence-corrected chi connectivity index (χ4v) is 2.11. The second-order valence-electron chi connectivity index (χ2n) is 4.05. The molecule has 2 rings (SSSR count). The minimum absolute atomic E-state index is 0.274. The zero-order valence-corrected chi connectivity index (χ0v) is 11.1. The molecule has 0 spiro atoms. The van der Waals surface area contributed by atoms with Crippen LogP contribution >= 0.6 is 11.6 Å². The van der Waals surface area contributed by atoms with Gasteiger partial charge in [-0.15, -0.1) is 11.6 Å². The van der Waals surface area contributed by atoms with E-state index in [9.17, 15) is 4.39 Å². The van der Waals surface area contributed by atoms with Gasteiger partial charge in [-0.25, -0.2) is 4.39 Å². The molecule has 0 amide bonds. The third-order valence-corrected chi connectivity index (χ3v) is 3.20. The van der Waals surface area contributed by atoms with Gasteiger partial charge in [0.25, 0.3) is 0 Å². The van der Waals surface area contributed by atoms with Crippen LogP contribution in [0.15, 0.2) is 61.2 Å². The van der Waals surface area contributed by atoms with E-state index in [-0.39, 0.29) is 11.2 Å². The van der Waals surface area contributed by atoms with Gasteiger partial charge in [0.2, 0.25) is 0 Å². The van der Waals surface area contributed by atoms with Crippen LogP contribution in [0.4, 0.5) is 4.39 Å². The fraction of sp³-hybridized carbons (Fsp3) is 0.125. The number of halogens is 2. The largest absolute Gasteiger partial charge is 0.489 e. The van der Waals surface area contributed by atoms with Crippen LogP contribution in [0.1, 0.15) is 16.5 Å². The van der Waals surface area contributed by atoms with Crippen molar-refractivity contribution >= 4 is 11.6 Å². The Balaban J connectivity index is 2.29. The molecule has 0 saturated heterocycles. The number of benzene rings is 2. The molecule has 1 unspecified atom stereocenters. The van der Waals surface area contributed by atoms with Gasteiger partial charge in [0.1, 0.15) is 18.2 Å². The molecule has 0 fully saturated rings. The van der Waals surface area contributed by atoms with Crippen molar-refractivity contribution in [1.29, 1.82) is 0 Å². The van der Waals surface area contributed by atoms with Gasteiger partial charge in [0, 0.05) is 5.56 Å². The lowest BCUT2D eigenvalue weighted by molar-refractivity contribution is 0.359. The predicted molar refractivity (Wildman–Crippen MR) is 76.2 cm³/mol. The molecule has 2 aromatic carbocycles. The van der Waals surface area contributed by atoms with Gasteiger partial charge in [-0.05, 0) is 23.8 Å². The zero-order valence-electron chi connectivity index (χ0n) is 10.4. The number of hydrogen-bond donors (Lipinski definition) is 0. The maximum Gasteiger partial charge on any atom is 0.124 e. The fourth-order valence-electron chi connectivity index (χ4n) is 1.78. The van der Waals surface area contributed by atoms with E-state index >= 15 is 0 Å². The quantitative estimate of drug-likeness (QED) is 0.567. The summed E-state index contributed by atoms with van der Waals surface area (Å²) in [5, 5.41) is -0.374. The number of alkyl halides is 1. The third kappa shape index (κ3) is 3.36. The topological polar surface area (TPSA) is 9.23 Å². The monoisotopic (exact) mass is 276 g/mol. The first-order chi connectivity index (χ1) is 9.22. The summed E-state index contributed by atoms with van der Waals surface area (Å²) in [6, 6.07) is 13.7. The highest BCUT2D eigenvalue weighted by atomic mass is 35.5. The van der Waals surface area contributed by atoms with E-state index in [4.69, 9.17) is 16.3 Å². The Kier molecular flexibility index (Phi) is 4.58. The summed E-state index contributed by atoms with van der Waals surface area (Å²) in [5.41, 5.74) is 1.69. The van der Waals surface area contributed by atoms with Gasteiger partial charge in [-0.3, -0.25) is 0 Å². The van der Waals surface area contributed by atoms with Gasteiger partial charge in [0.05, 0.1) is 5.38 Å². The second-order valence-corrected chi connectivity index (χ2v) is 4.49. The van der Waals surface area contributed by atoms with E-state index in [1.165, 1.54) is 12.1 Å². The molecule has 0 aromatic heterocycles. The van der Waals surface area contributed by atoms with Gasteiger partial charge in [-0.1, -0.05) is 43.0 Å². The minimum Gasteiger partial charge on any atom is -0.489 e. The van der Waals surface area contributed by atoms with Crippen molar-refractivity contribution in [3.63, 3.8) is 0 Å². The summed E-state index contributed by atoms with van der Waals surface area (Å²) in [7, 11) is 0. The molecule has 2 aromatic rings. The molecule has 0 N–H and O–H groups in total.